The van der Waals surface area contributed by atoms with Crippen molar-refractivity contribution in [3.63, 3.8) is 0 Å². The van der Waals surface area contributed by atoms with Crippen LogP contribution in [-0.2, 0) is 4.74 Å². The molecule has 1 aliphatic rings. The first-order valence-corrected chi connectivity index (χ1v) is 7.54. The van der Waals surface area contributed by atoms with E-state index < -0.39 is 0 Å². The maximum atomic E-state index is 5.71. The second-order valence-corrected chi connectivity index (χ2v) is 5.49. The van der Waals surface area contributed by atoms with E-state index in [1.54, 1.807) is 0 Å². The summed E-state index contributed by atoms with van der Waals surface area (Å²) in [5.74, 6) is 5.71. The normalized spacial score (nSPS) is 19.8. The van der Waals surface area contributed by atoms with Gasteiger partial charge in [-0.1, -0.05) is 18.2 Å². The Morgan fingerprint density at radius 2 is 2.24 bits per heavy atom. The number of hydrogen-bond donors (Lipinski definition) is 2. The van der Waals surface area contributed by atoms with Gasteiger partial charge in [0.25, 0.3) is 0 Å². The SMILES string of the molecule is NNC(CCC1CCCO1)c1cnn(-c2ccccc2)c1. The van der Waals surface area contributed by atoms with Crippen LogP contribution < -0.4 is 11.3 Å². The molecule has 1 aliphatic heterocycles. The molecule has 1 aromatic heterocycles. The number of nitrogens with two attached hydrogens (primary N) is 1. The number of hydrogen-bond acceptors (Lipinski definition) is 4. The highest BCUT2D eigenvalue weighted by molar-refractivity contribution is 5.31. The molecule has 0 amide bonds. The van der Waals surface area contributed by atoms with E-state index in [1.165, 1.54) is 12.8 Å². The average molecular weight is 286 g/mol. The smallest absolute Gasteiger partial charge is 0.0645 e. The van der Waals surface area contributed by atoms with E-state index in [2.05, 4.69) is 10.5 Å². The number of para-hydroxylation sites is 1. The number of benzene rings is 1. The van der Waals surface area contributed by atoms with Gasteiger partial charge in [0.2, 0.25) is 0 Å². The summed E-state index contributed by atoms with van der Waals surface area (Å²) >= 11 is 0. The molecule has 5 heteroatoms. The fraction of sp³-hybridized carbons (Fsp3) is 0.438. The molecule has 0 radical (unpaired) electrons. The van der Waals surface area contributed by atoms with E-state index in [9.17, 15) is 0 Å². The van der Waals surface area contributed by atoms with Crippen LogP contribution in [0.4, 0.5) is 0 Å². The maximum Gasteiger partial charge on any atom is 0.0645 e. The van der Waals surface area contributed by atoms with Crippen LogP contribution in [0.5, 0.6) is 0 Å². The molecular formula is C16H22N4O. The maximum absolute atomic E-state index is 5.71. The van der Waals surface area contributed by atoms with Crippen LogP contribution in [0.3, 0.4) is 0 Å². The van der Waals surface area contributed by atoms with Gasteiger partial charge in [0.1, 0.15) is 0 Å². The molecular weight excluding hydrogens is 264 g/mol. The zero-order valence-electron chi connectivity index (χ0n) is 12.1. The minimum absolute atomic E-state index is 0.117. The standard InChI is InChI=1S/C16H22N4O/c17-19-16(9-8-15-7-4-10-21-15)13-11-18-20(12-13)14-5-2-1-3-6-14/h1-3,5-6,11-12,15-16,19H,4,7-10,17H2. The lowest BCUT2D eigenvalue weighted by molar-refractivity contribution is 0.0996. The largest absolute Gasteiger partial charge is 0.378 e. The second kappa shape index (κ2) is 6.85. The lowest BCUT2D eigenvalue weighted by Crippen LogP contribution is -2.28. The third-order valence-electron chi connectivity index (χ3n) is 4.03. The van der Waals surface area contributed by atoms with Crippen molar-refractivity contribution in [2.24, 2.45) is 5.84 Å². The summed E-state index contributed by atoms with van der Waals surface area (Å²) < 4.78 is 7.55. The molecule has 0 spiro atoms. The average Bonchev–Trinajstić information content (AvgIpc) is 3.20. The molecule has 112 valence electrons. The molecule has 0 saturated carbocycles. The van der Waals surface area contributed by atoms with E-state index in [-0.39, 0.29) is 6.04 Å². The van der Waals surface area contributed by atoms with Crippen LogP contribution >= 0.6 is 0 Å². The molecule has 2 atom stereocenters. The molecule has 0 bridgehead atoms. The molecule has 2 heterocycles. The zero-order valence-corrected chi connectivity index (χ0v) is 12.1. The van der Waals surface area contributed by atoms with Crippen molar-refractivity contribution in [1.29, 1.82) is 0 Å². The highest BCUT2D eigenvalue weighted by Gasteiger charge is 2.19. The highest BCUT2D eigenvalue weighted by atomic mass is 16.5. The summed E-state index contributed by atoms with van der Waals surface area (Å²) in [6.07, 6.45) is 8.65. The number of aromatic nitrogens is 2. The van der Waals surface area contributed by atoms with E-state index in [1.807, 2.05) is 47.4 Å². The Hall–Kier alpha value is -1.69. The molecule has 1 aromatic carbocycles. The molecule has 0 aliphatic carbocycles. The van der Waals surface area contributed by atoms with Gasteiger partial charge in [0.05, 0.1) is 18.0 Å². The van der Waals surface area contributed by atoms with Gasteiger partial charge in [-0.05, 0) is 37.8 Å². The Morgan fingerprint density at radius 1 is 1.38 bits per heavy atom. The van der Waals surface area contributed by atoms with Crippen LogP contribution in [0.2, 0.25) is 0 Å². The van der Waals surface area contributed by atoms with Gasteiger partial charge in [0.15, 0.2) is 0 Å². The minimum Gasteiger partial charge on any atom is -0.378 e. The Bertz CT molecular complexity index is 548. The van der Waals surface area contributed by atoms with Crippen molar-refractivity contribution in [2.45, 2.75) is 37.8 Å². The molecule has 5 nitrogen and oxygen atoms in total. The van der Waals surface area contributed by atoms with Crippen molar-refractivity contribution < 1.29 is 4.74 Å². The molecule has 21 heavy (non-hydrogen) atoms. The summed E-state index contributed by atoms with van der Waals surface area (Å²) in [4.78, 5) is 0. The van der Waals surface area contributed by atoms with Crippen molar-refractivity contribution in [3.05, 3.63) is 48.3 Å². The second-order valence-electron chi connectivity index (χ2n) is 5.49. The number of hydrazine groups is 1. The Kier molecular flexibility index (Phi) is 4.65. The zero-order chi connectivity index (χ0) is 14.5. The fourth-order valence-corrected chi connectivity index (χ4v) is 2.81. The fourth-order valence-electron chi connectivity index (χ4n) is 2.81. The van der Waals surface area contributed by atoms with Gasteiger partial charge in [-0.3, -0.25) is 11.3 Å². The molecule has 1 fully saturated rings. The van der Waals surface area contributed by atoms with Crippen LogP contribution in [0.15, 0.2) is 42.7 Å². The van der Waals surface area contributed by atoms with Gasteiger partial charge >= 0.3 is 0 Å². The summed E-state index contributed by atoms with van der Waals surface area (Å²) in [5, 5.41) is 4.42. The van der Waals surface area contributed by atoms with Crippen LogP contribution in [0.25, 0.3) is 5.69 Å². The minimum atomic E-state index is 0.117. The number of rotatable bonds is 6. The summed E-state index contributed by atoms with van der Waals surface area (Å²) in [7, 11) is 0. The van der Waals surface area contributed by atoms with Crippen molar-refractivity contribution in [3.8, 4) is 5.69 Å². The van der Waals surface area contributed by atoms with Crippen LogP contribution in [-0.4, -0.2) is 22.5 Å². The van der Waals surface area contributed by atoms with Gasteiger partial charge in [-0.2, -0.15) is 5.10 Å². The van der Waals surface area contributed by atoms with Crippen molar-refractivity contribution >= 4 is 0 Å². The van der Waals surface area contributed by atoms with Crippen LogP contribution in [0, 0.1) is 0 Å². The monoisotopic (exact) mass is 286 g/mol. The Balaban J connectivity index is 1.65. The van der Waals surface area contributed by atoms with E-state index in [0.29, 0.717) is 6.10 Å². The van der Waals surface area contributed by atoms with Crippen molar-refractivity contribution in [2.75, 3.05) is 6.61 Å². The molecule has 1 saturated heterocycles. The van der Waals surface area contributed by atoms with Crippen molar-refractivity contribution in [1.82, 2.24) is 15.2 Å². The van der Waals surface area contributed by atoms with Gasteiger partial charge in [-0.25, -0.2) is 4.68 Å². The lowest BCUT2D eigenvalue weighted by atomic mass is 10.0. The van der Waals surface area contributed by atoms with E-state index in [4.69, 9.17) is 10.6 Å². The number of nitrogens with one attached hydrogen (secondary N) is 1. The third-order valence-corrected chi connectivity index (χ3v) is 4.03. The van der Waals surface area contributed by atoms with E-state index >= 15 is 0 Å². The first-order chi connectivity index (χ1) is 10.4. The number of nitrogens with zero attached hydrogens (tertiary/aromatic N) is 2. The Morgan fingerprint density at radius 3 is 2.95 bits per heavy atom. The van der Waals surface area contributed by atoms with E-state index in [0.717, 1.165) is 30.7 Å². The topological polar surface area (TPSA) is 65.1 Å². The highest BCUT2D eigenvalue weighted by Crippen LogP contribution is 2.23. The predicted molar refractivity (Wildman–Crippen MR) is 81.8 cm³/mol. The number of ether oxygens (including phenoxy) is 1. The molecule has 3 rings (SSSR count). The van der Waals surface area contributed by atoms with Gasteiger partial charge in [-0.15, -0.1) is 0 Å². The molecule has 2 unspecified atom stereocenters. The van der Waals surface area contributed by atoms with Gasteiger partial charge in [0, 0.05) is 24.4 Å². The van der Waals surface area contributed by atoms with Gasteiger partial charge < -0.3 is 4.74 Å². The summed E-state index contributed by atoms with van der Waals surface area (Å²) in [6, 6.07) is 10.2. The molecule has 2 aromatic rings. The van der Waals surface area contributed by atoms with Crippen LogP contribution in [0.1, 0.15) is 37.3 Å². The third kappa shape index (κ3) is 3.50. The quantitative estimate of drug-likeness (QED) is 0.632. The summed E-state index contributed by atoms with van der Waals surface area (Å²) in [6.45, 7) is 0.900. The first kappa shape index (κ1) is 14.3. The summed E-state index contributed by atoms with van der Waals surface area (Å²) in [5.41, 5.74) is 5.06. The first-order valence-electron chi connectivity index (χ1n) is 7.54. The Labute approximate surface area is 125 Å². The lowest BCUT2D eigenvalue weighted by Gasteiger charge is -2.16. The molecule has 3 N–H and O–H groups in total. The predicted octanol–water partition coefficient (Wildman–Crippen LogP) is 2.34.